The average molecular weight is 324 g/mol. The number of amides is 1. The summed E-state index contributed by atoms with van der Waals surface area (Å²) < 4.78 is 10.3. The lowest BCUT2D eigenvalue weighted by atomic mass is 10.1. The first kappa shape index (κ1) is 15.6. The Kier molecular flexibility index (Phi) is 4.47. The van der Waals surface area contributed by atoms with Crippen molar-refractivity contribution in [2.75, 3.05) is 12.4 Å². The fourth-order valence-corrected chi connectivity index (χ4v) is 2.34. The van der Waals surface area contributed by atoms with Crippen molar-refractivity contribution < 1.29 is 19.1 Å². The van der Waals surface area contributed by atoms with Crippen molar-refractivity contribution in [2.24, 2.45) is 0 Å². The Morgan fingerprint density at radius 2 is 2.17 bits per heavy atom. The Hall–Kier alpha value is -3.28. The lowest BCUT2D eigenvalue weighted by Gasteiger charge is -2.08. The highest BCUT2D eigenvalue weighted by molar-refractivity contribution is 5.93. The number of methoxy groups -OCH3 is 1. The monoisotopic (exact) mass is 324 g/mol. The zero-order valence-corrected chi connectivity index (χ0v) is 13.0. The molecule has 1 heterocycles. The molecule has 24 heavy (non-hydrogen) atoms. The van der Waals surface area contributed by atoms with Crippen LogP contribution in [0.1, 0.15) is 5.56 Å². The third-order valence-corrected chi connectivity index (χ3v) is 3.48. The van der Waals surface area contributed by atoms with Crippen LogP contribution >= 0.6 is 0 Å². The molecule has 2 aromatic carbocycles. The summed E-state index contributed by atoms with van der Waals surface area (Å²) in [5, 5.41) is 12.8. The van der Waals surface area contributed by atoms with Crippen molar-refractivity contribution in [2.45, 2.75) is 6.42 Å². The molecule has 122 valence electrons. The predicted molar refractivity (Wildman–Crippen MR) is 88.9 cm³/mol. The molecule has 0 spiro atoms. The standard InChI is InChI=1S/C18H16N2O4/c1-23-14-4-2-3-12(7-14)8-18(22)20-13-5-6-15(16(21)9-13)17-10-19-11-24-17/h2-7,9-11,21H,8H2,1H3,(H,20,22). The van der Waals surface area contributed by atoms with Gasteiger partial charge in [0, 0.05) is 11.8 Å². The first-order valence-electron chi connectivity index (χ1n) is 7.30. The summed E-state index contributed by atoms with van der Waals surface area (Å²) in [6, 6.07) is 12.1. The molecular weight excluding hydrogens is 308 g/mol. The van der Waals surface area contributed by atoms with E-state index in [0.717, 1.165) is 5.56 Å². The molecule has 0 atom stereocenters. The van der Waals surface area contributed by atoms with Crippen molar-refractivity contribution >= 4 is 11.6 Å². The molecule has 0 aliphatic heterocycles. The van der Waals surface area contributed by atoms with Gasteiger partial charge in [0.2, 0.25) is 5.91 Å². The van der Waals surface area contributed by atoms with Gasteiger partial charge in [-0.15, -0.1) is 0 Å². The largest absolute Gasteiger partial charge is 0.507 e. The number of aromatic nitrogens is 1. The predicted octanol–water partition coefficient (Wildman–Crippen LogP) is 3.24. The van der Waals surface area contributed by atoms with Crippen molar-refractivity contribution in [3.63, 3.8) is 0 Å². The number of ether oxygens (including phenoxy) is 1. The number of phenols is 1. The number of carbonyl (C=O) groups is 1. The zero-order valence-electron chi connectivity index (χ0n) is 13.0. The van der Waals surface area contributed by atoms with Crippen LogP contribution in [-0.2, 0) is 11.2 Å². The van der Waals surface area contributed by atoms with Gasteiger partial charge >= 0.3 is 0 Å². The van der Waals surface area contributed by atoms with Crippen molar-refractivity contribution in [1.29, 1.82) is 0 Å². The average Bonchev–Trinajstić information content (AvgIpc) is 3.09. The van der Waals surface area contributed by atoms with Gasteiger partial charge in [-0.3, -0.25) is 4.79 Å². The highest BCUT2D eigenvalue weighted by atomic mass is 16.5. The van der Waals surface area contributed by atoms with Gasteiger partial charge in [0.15, 0.2) is 12.2 Å². The number of nitrogens with one attached hydrogen (secondary N) is 1. The normalized spacial score (nSPS) is 10.4. The Bertz CT molecular complexity index is 844. The summed E-state index contributed by atoms with van der Waals surface area (Å²) in [5.74, 6) is 0.983. The van der Waals surface area contributed by atoms with Gasteiger partial charge in [-0.05, 0) is 29.8 Å². The molecule has 0 bridgehead atoms. The molecule has 6 heteroatoms. The third-order valence-electron chi connectivity index (χ3n) is 3.48. The number of hydrogen-bond acceptors (Lipinski definition) is 5. The zero-order chi connectivity index (χ0) is 16.9. The summed E-state index contributed by atoms with van der Waals surface area (Å²) in [4.78, 5) is 16.0. The fraction of sp³-hybridized carbons (Fsp3) is 0.111. The van der Waals surface area contributed by atoms with Crippen LogP contribution in [0.25, 0.3) is 11.3 Å². The number of rotatable bonds is 5. The lowest BCUT2D eigenvalue weighted by molar-refractivity contribution is -0.115. The topological polar surface area (TPSA) is 84.6 Å². The van der Waals surface area contributed by atoms with Gasteiger partial charge < -0.3 is 19.6 Å². The van der Waals surface area contributed by atoms with Gasteiger partial charge in [-0.1, -0.05) is 12.1 Å². The van der Waals surface area contributed by atoms with E-state index in [9.17, 15) is 9.90 Å². The molecular formula is C18H16N2O4. The fourth-order valence-electron chi connectivity index (χ4n) is 2.34. The Labute approximate surface area is 138 Å². The minimum atomic E-state index is -0.185. The van der Waals surface area contributed by atoms with E-state index in [0.29, 0.717) is 22.8 Å². The van der Waals surface area contributed by atoms with E-state index in [1.54, 1.807) is 19.2 Å². The van der Waals surface area contributed by atoms with Crippen LogP contribution in [-0.4, -0.2) is 23.1 Å². The van der Waals surface area contributed by atoms with Gasteiger partial charge in [0.05, 0.1) is 25.3 Å². The molecule has 0 fully saturated rings. The SMILES string of the molecule is COc1cccc(CC(=O)Nc2ccc(-c3cnco3)c(O)c2)c1. The summed E-state index contributed by atoms with van der Waals surface area (Å²) in [5.41, 5.74) is 1.86. The molecule has 6 nitrogen and oxygen atoms in total. The second kappa shape index (κ2) is 6.87. The van der Waals surface area contributed by atoms with Gasteiger partial charge in [-0.2, -0.15) is 0 Å². The molecule has 1 amide bonds. The molecule has 0 radical (unpaired) electrons. The molecule has 3 aromatic rings. The molecule has 0 unspecified atom stereocenters. The lowest BCUT2D eigenvalue weighted by Crippen LogP contribution is -2.14. The molecule has 0 aliphatic carbocycles. The third kappa shape index (κ3) is 3.55. The van der Waals surface area contributed by atoms with Crippen LogP contribution < -0.4 is 10.1 Å². The molecule has 0 saturated heterocycles. The molecule has 2 N–H and O–H groups in total. The van der Waals surface area contributed by atoms with Crippen LogP contribution in [0.15, 0.2) is 59.5 Å². The van der Waals surface area contributed by atoms with Crippen LogP contribution in [0.5, 0.6) is 11.5 Å². The second-order valence-electron chi connectivity index (χ2n) is 5.17. The number of hydrogen-bond donors (Lipinski definition) is 2. The maximum atomic E-state index is 12.1. The summed E-state index contributed by atoms with van der Waals surface area (Å²) >= 11 is 0. The Balaban J connectivity index is 1.69. The van der Waals surface area contributed by atoms with Crippen molar-refractivity contribution in [1.82, 2.24) is 4.98 Å². The van der Waals surface area contributed by atoms with Crippen LogP contribution in [0.3, 0.4) is 0 Å². The summed E-state index contributed by atoms with van der Waals surface area (Å²) in [6.07, 6.45) is 3.01. The van der Waals surface area contributed by atoms with Crippen LogP contribution in [0.4, 0.5) is 5.69 Å². The first-order chi connectivity index (χ1) is 11.7. The highest BCUT2D eigenvalue weighted by Gasteiger charge is 2.10. The van der Waals surface area contributed by atoms with Crippen LogP contribution in [0.2, 0.25) is 0 Å². The number of carbonyl (C=O) groups excluding carboxylic acids is 1. The first-order valence-corrected chi connectivity index (χ1v) is 7.30. The number of benzene rings is 2. The van der Waals surface area contributed by atoms with Crippen molar-refractivity contribution in [3.05, 3.63) is 60.6 Å². The van der Waals surface area contributed by atoms with E-state index < -0.39 is 0 Å². The number of oxazole rings is 1. The van der Waals surface area contributed by atoms with E-state index in [2.05, 4.69) is 10.3 Å². The molecule has 0 aliphatic rings. The highest BCUT2D eigenvalue weighted by Crippen LogP contribution is 2.31. The number of phenolic OH excluding ortho intramolecular Hbond substituents is 1. The van der Waals surface area contributed by atoms with E-state index in [4.69, 9.17) is 9.15 Å². The second-order valence-corrected chi connectivity index (χ2v) is 5.17. The molecule has 0 saturated carbocycles. The van der Waals surface area contributed by atoms with Crippen LogP contribution in [0, 0.1) is 0 Å². The number of anilines is 1. The van der Waals surface area contributed by atoms with E-state index in [1.165, 1.54) is 18.7 Å². The molecule has 3 rings (SSSR count). The van der Waals surface area contributed by atoms with E-state index in [1.807, 2.05) is 24.3 Å². The maximum absolute atomic E-state index is 12.1. The summed E-state index contributed by atoms with van der Waals surface area (Å²) in [7, 11) is 1.58. The van der Waals surface area contributed by atoms with Gasteiger partial charge in [-0.25, -0.2) is 4.98 Å². The van der Waals surface area contributed by atoms with Gasteiger partial charge in [0.1, 0.15) is 11.5 Å². The summed E-state index contributed by atoms with van der Waals surface area (Å²) in [6.45, 7) is 0. The Morgan fingerprint density at radius 3 is 2.88 bits per heavy atom. The quantitative estimate of drug-likeness (QED) is 0.752. The minimum Gasteiger partial charge on any atom is -0.507 e. The van der Waals surface area contributed by atoms with E-state index >= 15 is 0 Å². The van der Waals surface area contributed by atoms with Gasteiger partial charge in [0.25, 0.3) is 0 Å². The Morgan fingerprint density at radius 1 is 1.29 bits per heavy atom. The smallest absolute Gasteiger partial charge is 0.228 e. The number of nitrogens with zero attached hydrogens (tertiary/aromatic N) is 1. The molecule has 1 aromatic heterocycles. The minimum absolute atomic E-state index is 0.00549. The number of aromatic hydroxyl groups is 1. The van der Waals surface area contributed by atoms with Crippen molar-refractivity contribution in [3.8, 4) is 22.8 Å². The van der Waals surface area contributed by atoms with E-state index in [-0.39, 0.29) is 18.1 Å². The maximum Gasteiger partial charge on any atom is 0.228 e.